The lowest BCUT2D eigenvalue weighted by molar-refractivity contribution is 0.0699. The highest BCUT2D eigenvalue weighted by Gasteiger charge is 2.14. The third-order valence-electron chi connectivity index (χ3n) is 3.84. The molecule has 1 fully saturated rings. The van der Waals surface area contributed by atoms with Crippen molar-refractivity contribution in [3.05, 3.63) is 40.9 Å². The molecule has 0 unspecified atom stereocenters. The summed E-state index contributed by atoms with van der Waals surface area (Å²) in [5, 5.41) is 4.48. The van der Waals surface area contributed by atoms with Gasteiger partial charge in [-0.2, -0.15) is 0 Å². The van der Waals surface area contributed by atoms with Crippen LogP contribution < -0.4 is 5.32 Å². The van der Waals surface area contributed by atoms with Crippen LogP contribution in [0.1, 0.15) is 12.8 Å². The van der Waals surface area contributed by atoms with Crippen LogP contribution in [0, 0.1) is 5.92 Å². The zero-order chi connectivity index (χ0) is 15.4. The molecule has 2 aromatic heterocycles. The van der Waals surface area contributed by atoms with Crippen molar-refractivity contribution in [2.45, 2.75) is 12.8 Å². The van der Waals surface area contributed by atoms with E-state index in [-0.39, 0.29) is 0 Å². The van der Waals surface area contributed by atoms with Gasteiger partial charge in [0.15, 0.2) is 5.15 Å². The van der Waals surface area contributed by atoms with Gasteiger partial charge >= 0.3 is 0 Å². The molecule has 3 rings (SSSR count). The van der Waals surface area contributed by atoms with Crippen LogP contribution in [0.25, 0.3) is 11.1 Å². The molecular formula is C16H17Cl2N3O. The monoisotopic (exact) mass is 337 g/mol. The number of nitrogens with one attached hydrogen (secondary N) is 1. The van der Waals surface area contributed by atoms with Gasteiger partial charge in [-0.05, 0) is 30.9 Å². The number of hydrogen-bond acceptors (Lipinski definition) is 4. The van der Waals surface area contributed by atoms with E-state index in [1.165, 1.54) is 0 Å². The molecule has 0 aromatic carbocycles. The van der Waals surface area contributed by atoms with Gasteiger partial charge in [0.1, 0.15) is 0 Å². The maximum Gasteiger partial charge on any atom is 0.152 e. The van der Waals surface area contributed by atoms with E-state index in [9.17, 15) is 0 Å². The molecule has 4 nitrogen and oxygen atoms in total. The van der Waals surface area contributed by atoms with E-state index in [2.05, 4.69) is 15.3 Å². The van der Waals surface area contributed by atoms with Crippen LogP contribution in [-0.4, -0.2) is 29.7 Å². The Morgan fingerprint density at radius 1 is 1.23 bits per heavy atom. The van der Waals surface area contributed by atoms with Gasteiger partial charge in [-0.15, -0.1) is 0 Å². The second-order valence-corrected chi connectivity index (χ2v) is 6.12. The molecular weight excluding hydrogens is 321 g/mol. The summed E-state index contributed by atoms with van der Waals surface area (Å²) in [6.45, 7) is 2.55. The Labute approximate surface area is 139 Å². The fourth-order valence-electron chi connectivity index (χ4n) is 2.53. The van der Waals surface area contributed by atoms with Crippen molar-refractivity contribution in [3.8, 4) is 11.1 Å². The van der Waals surface area contributed by atoms with E-state index < -0.39 is 0 Å². The van der Waals surface area contributed by atoms with Crippen molar-refractivity contribution in [1.82, 2.24) is 9.97 Å². The number of hydrogen-bond donors (Lipinski definition) is 1. The van der Waals surface area contributed by atoms with Gasteiger partial charge < -0.3 is 10.1 Å². The van der Waals surface area contributed by atoms with E-state index in [1.807, 2.05) is 12.1 Å². The van der Waals surface area contributed by atoms with Crippen molar-refractivity contribution in [2.24, 2.45) is 5.92 Å². The Kier molecular flexibility index (Phi) is 5.13. The molecule has 0 radical (unpaired) electrons. The number of pyridine rings is 2. The van der Waals surface area contributed by atoms with E-state index in [0.717, 1.165) is 49.4 Å². The van der Waals surface area contributed by atoms with Gasteiger partial charge in [-0.1, -0.05) is 23.2 Å². The topological polar surface area (TPSA) is 47.0 Å². The molecule has 1 saturated heterocycles. The number of anilines is 1. The van der Waals surface area contributed by atoms with Gasteiger partial charge in [0.25, 0.3) is 0 Å². The van der Waals surface area contributed by atoms with Crippen molar-refractivity contribution < 1.29 is 4.74 Å². The molecule has 0 bridgehead atoms. The normalized spacial score (nSPS) is 15.7. The lowest BCUT2D eigenvalue weighted by Gasteiger charge is -2.23. The first kappa shape index (κ1) is 15.5. The zero-order valence-corrected chi connectivity index (χ0v) is 13.6. The maximum absolute atomic E-state index is 6.20. The van der Waals surface area contributed by atoms with Crippen LogP contribution in [0.4, 0.5) is 5.69 Å². The number of halogens is 2. The number of aromatic nitrogens is 2. The average Bonchev–Trinajstić information content (AvgIpc) is 2.56. The molecule has 0 aliphatic carbocycles. The highest BCUT2D eigenvalue weighted by atomic mass is 35.5. The van der Waals surface area contributed by atoms with Gasteiger partial charge in [0.2, 0.25) is 0 Å². The first-order valence-electron chi connectivity index (χ1n) is 7.31. The number of ether oxygens (including phenoxy) is 1. The minimum Gasteiger partial charge on any atom is -0.382 e. The molecule has 1 aliphatic heterocycles. The molecule has 1 N–H and O–H groups in total. The highest BCUT2D eigenvalue weighted by Crippen LogP contribution is 2.31. The van der Waals surface area contributed by atoms with Crippen molar-refractivity contribution in [2.75, 3.05) is 25.1 Å². The van der Waals surface area contributed by atoms with Gasteiger partial charge in [0.05, 0.1) is 10.7 Å². The standard InChI is InChI=1S/C16H17Cl2N3O/c17-14-10-19-4-1-13(14)12-7-15(16(18)21-9-12)20-8-11-2-5-22-6-3-11/h1,4,7,9-11,20H,2-3,5-6,8H2. The molecule has 0 spiro atoms. The maximum atomic E-state index is 6.20. The van der Waals surface area contributed by atoms with Gasteiger partial charge in [0, 0.05) is 49.5 Å². The largest absolute Gasteiger partial charge is 0.382 e. The Morgan fingerprint density at radius 3 is 2.82 bits per heavy atom. The van der Waals surface area contributed by atoms with Crippen molar-refractivity contribution >= 4 is 28.9 Å². The van der Waals surface area contributed by atoms with E-state index in [1.54, 1.807) is 18.6 Å². The Morgan fingerprint density at radius 2 is 2.05 bits per heavy atom. The van der Waals surface area contributed by atoms with Crippen LogP contribution in [-0.2, 0) is 4.74 Å². The number of rotatable bonds is 4. The van der Waals surface area contributed by atoms with Gasteiger partial charge in [-0.25, -0.2) is 4.98 Å². The molecule has 0 saturated carbocycles. The Balaban J connectivity index is 1.76. The summed E-state index contributed by atoms with van der Waals surface area (Å²) in [6, 6.07) is 3.85. The lowest BCUT2D eigenvalue weighted by atomic mass is 10.0. The molecule has 0 atom stereocenters. The summed E-state index contributed by atoms with van der Waals surface area (Å²) in [4.78, 5) is 8.26. The fourth-order valence-corrected chi connectivity index (χ4v) is 2.93. The quantitative estimate of drug-likeness (QED) is 0.845. The highest BCUT2D eigenvalue weighted by molar-refractivity contribution is 6.33. The van der Waals surface area contributed by atoms with Crippen LogP contribution in [0.15, 0.2) is 30.7 Å². The SMILES string of the molecule is Clc1cnccc1-c1cnc(Cl)c(NCC2CCOCC2)c1. The van der Waals surface area contributed by atoms with Crippen LogP contribution in [0.3, 0.4) is 0 Å². The lowest BCUT2D eigenvalue weighted by Crippen LogP contribution is -2.22. The minimum absolute atomic E-state index is 0.473. The molecule has 1 aliphatic rings. The second kappa shape index (κ2) is 7.27. The summed E-state index contributed by atoms with van der Waals surface area (Å²) in [6.07, 6.45) is 7.22. The zero-order valence-electron chi connectivity index (χ0n) is 12.1. The summed E-state index contributed by atoms with van der Waals surface area (Å²) in [5.41, 5.74) is 2.65. The molecule has 116 valence electrons. The Bertz CT molecular complexity index is 645. The minimum atomic E-state index is 0.473. The molecule has 2 aromatic rings. The molecule has 6 heteroatoms. The van der Waals surface area contributed by atoms with Crippen molar-refractivity contribution in [3.63, 3.8) is 0 Å². The van der Waals surface area contributed by atoms with Crippen LogP contribution in [0.5, 0.6) is 0 Å². The molecule has 0 amide bonds. The smallest absolute Gasteiger partial charge is 0.152 e. The summed E-state index contributed by atoms with van der Waals surface area (Å²) in [5.74, 6) is 0.609. The molecule has 3 heterocycles. The van der Waals surface area contributed by atoms with E-state index in [4.69, 9.17) is 27.9 Å². The first-order chi connectivity index (χ1) is 10.7. The predicted molar refractivity (Wildman–Crippen MR) is 89.5 cm³/mol. The second-order valence-electron chi connectivity index (χ2n) is 5.35. The van der Waals surface area contributed by atoms with Crippen LogP contribution in [0.2, 0.25) is 10.2 Å². The Hall–Kier alpha value is -1.36. The molecule has 22 heavy (non-hydrogen) atoms. The number of nitrogens with zero attached hydrogens (tertiary/aromatic N) is 2. The van der Waals surface area contributed by atoms with Crippen molar-refractivity contribution in [1.29, 1.82) is 0 Å². The summed E-state index contributed by atoms with van der Waals surface area (Å²) in [7, 11) is 0. The van der Waals surface area contributed by atoms with Gasteiger partial charge in [-0.3, -0.25) is 4.98 Å². The van der Waals surface area contributed by atoms with Crippen LogP contribution >= 0.6 is 23.2 Å². The third kappa shape index (κ3) is 3.69. The fraction of sp³-hybridized carbons (Fsp3) is 0.375. The van der Waals surface area contributed by atoms with E-state index >= 15 is 0 Å². The summed E-state index contributed by atoms with van der Waals surface area (Å²) >= 11 is 12.4. The first-order valence-corrected chi connectivity index (χ1v) is 8.06. The van der Waals surface area contributed by atoms with E-state index in [0.29, 0.717) is 16.1 Å². The average molecular weight is 338 g/mol. The summed E-state index contributed by atoms with van der Waals surface area (Å²) < 4.78 is 5.38. The predicted octanol–water partition coefficient (Wildman–Crippen LogP) is 4.29. The third-order valence-corrected chi connectivity index (χ3v) is 4.45.